The van der Waals surface area contributed by atoms with Crippen molar-refractivity contribution in [2.24, 2.45) is 0 Å². The number of halogens is 2. The van der Waals surface area contributed by atoms with Crippen LogP contribution in [-0.2, 0) is 0 Å². The van der Waals surface area contributed by atoms with Crippen molar-refractivity contribution in [3.8, 4) is 17.2 Å². The molecule has 2 aromatic carbocycles. The minimum Gasteiger partial charge on any atom is -0.496 e. The van der Waals surface area contributed by atoms with Gasteiger partial charge in [-0.15, -0.1) is 0 Å². The molecule has 0 heterocycles. The third-order valence-corrected chi connectivity index (χ3v) is 3.92. The Hall–Kier alpha value is -1.73. The number of anilines is 1. The fourth-order valence-electron chi connectivity index (χ4n) is 1.64. The maximum absolute atomic E-state index is 10.9. The molecular weight excluding hydrogens is 406 g/mol. The molecule has 0 atom stereocenters. The van der Waals surface area contributed by atoms with Gasteiger partial charge in [0.05, 0.1) is 27.3 Å². The summed E-state index contributed by atoms with van der Waals surface area (Å²) in [6.45, 7) is 0. The highest BCUT2D eigenvalue weighted by molar-refractivity contribution is 9.11. The van der Waals surface area contributed by atoms with Crippen molar-refractivity contribution in [2.75, 3.05) is 12.8 Å². The molecule has 21 heavy (non-hydrogen) atoms. The van der Waals surface area contributed by atoms with Crippen LogP contribution in [0.2, 0.25) is 0 Å². The summed E-state index contributed by atoms with van der Waals surface area (Å²) in [5.41, 5.74) is 6.16. The molecule has 0 radical (unpaired) electrons. The second-order valence-electron chi connectivity index (χ2n) is 4.08. The van der Waals surface area contributed by atoms with Gasteiger partial charge in [0.1, 0.15) is 17.2 Å². The van der Waals surface area contributed by atoms with Gasteiger partial charge in [-0.2, -0.15) is 0 Å². The Morgan fingerprint density at radius 2 is 1.71 bits per heavy atom. The predicted molar refractivity (Wildman–Crippen MR) is 86.3 cm³/mol. The van der Waals surface area contributed by atoms with Crippen LogP contribution in [0.4, 0.5) is 5.69 Å². The van der Waals surface area contributed by atoms with Crippen molar-refractivity contribution < 1.29 is 19.4 Å². The lowest BCUT2D eigenvalue weighted by Crippen LogP contribution is -1.99. The van der Waals surface area contributed by atoms with E-state index in [2.05, 4.69) is 31.9 Å². The fraction of sp³-hybridized carbons (Fsp3) is 0.0714. The third-order valence-electron chi connectivity index (χ3n) is 2.68. The molecule has 0 saturated heterocycles. The van der Waals surface area contributed by atoms with Crippen molar-refractivity contribution in [2.45, 2.75) is 0 Å². The maximum Gasteiger partial charge on any atom is 0.335 e. The van der Waals surface area contributed by atoms with Crippen LogP contribution in [0.15, 0.2) is 39.3 Å². The Morgan fingerprint density at radius 1 is 1.10 bits per heavy atom. The minimum atomic E-state index is -1.04. The molecule has 0 spiro atoms. The molecule has 0 saturated carbocycles. The Balaban J connectivity index is 2.34. The van der Waals surface area contributed by atoms with Gasteiger partial charge in [-0.1, -0.05) is 0 Å². The van der Waals surface area contributed by atoms with Gasteiger partial charge in [0.2, 0.25) is 0 Å². The number of hydrogen-bond donors (Lipinski definition) is 2. The first kappa shape index (κ1) is 15.7. The lowest BCUT2D eigenvalue weighted by atomic mass is 10.2. The second kappa shape index (κ2) is 6.36. The zero-order valence-electron chi connectivity index (χ0n) is 10.9. The van der Waals surface area contributed by atoms with Crippen LogP contribution in [-0.4, -0.2) is 18.2 Å². The molecule has 0 aliphatic heterocycles. The van der Waals surface area contributed by atoms with Crippen LogP contribution in [0.25, 0.3) is 0 Å². The van der Waals surface area contributed by atoms with Crippen LogP contribution < -0.4 is 15.2 Å². The van der Waals surface area contributed by atoms with Gasteiger partial charge >= 0.3 is 5.97 Å². The summed E-state index contributed by atoms with van der Waals surface area (Å²) < 4.78 is 12.3. The van der Waals surface area contributed by atoms with Crippen LogP contribution in [0.1, 0.15) is 10.4 Å². The molecule has 0 fully saturated rings. The van der Waals surface area contributed by atoms with E-state index in [0.29, 0.717) is 21.7 Å². The van der Waals surface area contributed by atoms with Gasteiger partial charge in [-0.05, 0) is 62.2 Å². The monoisotopic (exact) mass is 415 g/mol. The first-order chi connectivity index (χ1) is 9.92. The average molecular weight is 417 g/mol. The molecule has 2 aromatic rings. The smallest absolute Gasteiger partial charge is 0.335 e. The van der Waals surface area contributed by atoms with E-state index >= 15 is 0 Å². The summed E-state index contributed by atoms with van der Waals surface area (Å²) in [6.07, 6.45) is 0. The highest BCUT2D eigenvalue weighted by Gasteiger charge is 2.12. The van der Waals surface area contributed by atoms with E-state index in [4.69, 9.17) is 20.3 Å². The number of carbonyl (C=O) groups is 1. The number of ether oxygens (including phenoxy) is 2. The standard InChI is InChI=1S/C14H11Br2NO4/c1-20-12-5-9(16)13(6-8(12)15)21-11-3-2-7(14(18)19)4-10(11)17/h2-6H,17H2,1H3,(H,18,19). The molecule has 2 rings (SSSR count). The van der Waals surface area contributed by atoms with Crippen molar-refractivity contribution in [1.82, 2.24) is 0 Å². The quantitative estimate of drug-likeness (QED) is 0.726. The summed E-state index contributed by atoms with van der Waals surface area (Å²) >= 11 is 6.75. The van der Waals surface area contributed by atoms with E-state index in [1.54, 1.807) is 19.2 Å². The third kappa shape index (κ3) is 3.48. The maximum atomic E-state index is 10.9. The minimum absolute atomic E-state index is 0.106. The van der Waals surface area contributed by atoms with Crippen LogP contribution in [0.3, 0.4) is 0 Å². The highest BCUT2D eigenvalue weighted by atomic mass is 79.9. The Kier molecular flexibility index (Phi) is 4.74. The van der Waals surface area contributed by atoms with Gasteiger partial charge in [-0.25, -0.2) is 4.79 Å². The molecule has 0 aliphatic carbocycles. The predicted octanol–water partition coefficient (Wildman–Crippen LogP) is 4.29. The van der Waals surface area contributed by atoms with E-state index in [9.17, 15) is 4.79 Å². The van der Waals surface area contributed by atoms with Gasteiger partial charge in [0, 0.05) is 0 Å². The lowest BCUT2D eigenvalue weighted by Gasteiger charge is -2.12. The van der Waals surface area contributed by atoms with E-state index in [1.807, 2.05) is 0 Å². The molecule has 3 N–H and O–H groups in total. The summed E-state index contributed by atoms with van der Waals surface area (Å²) in [4.78, 5) is 10.9. The van der Waals surface area contributed by atoms with Gasteiger partial charge in [0.15, 0.2) is 0 Å². The van der Waals surface area contributed by atoms with Crippen molar-refractivity contribution in [3.63, 3.8) is 0 Å². The number of nitrogens with two attached hydrogens (primary N) is 1. The Bertz CT molecular complexity index is 704. The SMILES string of the molecule is COc1cc(Br)c(Oc2ccc(C(=O)O)cc2N)cc1Br. The van der Waals surface area contributed by atoms with Crippen molar-refractivity contribution >= 4 is 43.5 Å². The van der Waals surface area contributed by atoms with E-state index in [0.717, 1.165) is 4.47 Å². The molecule has 5 nitrogen and oxygen atoms in total. The van der Waals surface area contributed by atoms with Crippen LogP contribution in [0, 0.1) is 0 Å². The van der Waals surface area contributed by atoms with E-state index < -0.39 is 5.97 Å². The molecule has 0 aliphatic rings. The number of carboxylic acids is 1. The number of methoxy groups -OCH3 is 1. The van der Waals surface area contributed by atoms with Gasteiger partial charge in [0.25, 0.3) is 0 Å². The number of carboxylic acid groups (broad SMARTS) is 1. The van der Waals surface area contributed by atoms with Crippen LogP contribution >= 0.6 is 31.9 Å². The fourth-order valence-corrected chi connectivity index (χ4v) is 2.53. The molecule has 7 heteroatoms. The van der Waals surface area contributed by atoms with E-state index in [-0.39, 0.29) is 11.3 Å². The number of hydrogen-bond acceptors (Lipinski definition) is 4. The number of aromatic carboxylic acids is 1. The Morgan fingerprint density at radius 3 is 2.29 bits per heavy atom. The molecular formula is C14H11Br2NO4. The summed E-state index contributed by atoms with van der Waals surface area (Å²) in [5, 5.41) is 8.90. The summed E-state index contributed by atoms with van der Waals surface area (Å²) in [7, 11) is 1.57. The largest absolute Gasteiger partial charge is 0.496 e. The first-order valence-electron chi connectivity index (χ1n) is 5.76. The van der Waals surface area contributed by atoms with Gasteiger partial charge < -0.3 is 20.3 Å². The van der Waals surface area contributed by atoms with Gasteiger partial charge in [-0.3, -0.25) is 0 Å². The normalized spacial score (nSPS) is 10.2. The summed E-state index contributed by atoms with van der Waals surface area (Å²) in [5.74, 6) is 0.514. The van der Waals surface area contributed by atoms with E-state index in [1.165, 1.54) is 18.2 Å². The number of rotatable bonds is 4. The lowest BCUT2D eigenvalue weighted by molar-refractivity contribution is 0.0697. The average Bonchev–Trinajstić information content (AvgIpc) is 2.44. The molecule has 0 bridgehead atoms. The zero-order valence-corrected chi connectivity index (χ0v) is 14.1. The molecule has 0 unspecified atom stereocenters. The number of nitrogen functional groups attached to an aromatic ring is 1. The molecule has 0 aromatic heterocycles. The number of benzene rings is 2. The molecule has 0 amide bonds. The van der Waals surface area contributed by atoms with Crippen molar-refractivity contribution in [1.29, 1.82) is 0 Å². The Labute approximate surface area is 137 Å². The zero-order chi connectivity index (χ0) is 15.6. The summed E-state index contributed by atoms with van der Waals surface area (Å²) in [6, 6.07) is 7.78. The molecule has 110 valence electrons. The van der Waals surface area contributed by atoms with Crippen LogP contribution in [0.5, 0.6) is 17.2 Å². The topological polar surface area (TPSA) is 81.8 Å². The highest BCUT2D eigenvalue weighted by Crippen LogP contribution is 2.39. The van der Waals surface area contributed by atoms with Crippen molar-refractivity contribution in [3.05, 3.63) is 44.8 Å². The second-order valence-corrected chi connectivity index (χ2v) is 5.79. The first-order valence-corrected chi connectivity index (χ1v) is 7.34.